The molecule has 0 N–H and O–H groups in total. The zero-order chi connectivity index (χ0) is 14.9. The minimum absolute atomic E-state index is 0.757. The van der Waals surface area contributed by atoms with E-state index in [0.29, 0.717) is 0 Å². The summed E-state index contributed by atoms with van der Waals surface area (Å²) in [6.07, 6.45) is 3.64. The second kappa shape index (κ2) is 5.62. The van der Waals surface area contributed by atoms with Gasteiger partial charge in [0.2, 0.25) is 0 Å². The van der Waals surface area contributed by atoms with E-state index in [4.69, 9.17) is 4.74 Å². The van der Waals surface area contributed by atoms with Crippen LogP contribution in [0.1, 0.15) is 5.82 Å². The van der Waals surface area contributed by atoms with Crippen molar-refractivity contribution in [2.45, 2.75) is 6.92 Å². The van der Waals surface area contributed by atoms with E-state index in [1.165, 1.54) is 10.4 Å². The molecule has 0 aromatic carbocycles. The van der Waals surface area contributed by atoms with Crippen LogP contribution in [-0.2, 0) is 4.74 Å². The number of ether oxygens (including phenoxy) is 1. The van der Waals surface area contributed by atoms with Gasteiger partial charge in [-0.15, -0.1) is 11.3 Å². The molecule has 0 unspecified atom stereocenters. The highest BCUT2D eigenvalue weighted by Crippen LogP contribution is 2.37. The summed E-state index contributed by atoms with van der Waals surface area (Å²) in [5.74, 6) is 1.85. The fourth-order valence-electron chi connectivity index (χ4n) is 2.68. The summed E-state index contributed by atoms with van der Waals surface area (Å²) in [7, 11) is 0. The number of anilines is 1. The third-order valence-corrected chi connectivity index (χ3v) is 4.91. The molecule has 5 nitrogen and oxygen atoms in total. The first kappa shape index (κ1) is 13.6. The summed E-state index contributed by atoms with van der Waals surface area (Å²) >= 11 is 1.74. The number of aryl methyl sites for hydroxylation is 1. The van der Waals surface area contributed by atoms with Crippen molar-refractivity contribution < 1.29 is 4.74 Å². The zero-order valence-electron chi connectivity index (χ0n) is 12.3. The molecule has 112 valence electrons. The lowest BCUT2D eigenvalue weighted by Crippen LogP contribution is -2.36. The fraction of sp³-hybridized carbons (Fsp3) is 0.312. The maximum Gasteiger partial charge on any atom is 0.150 e. The summed E-state index contributed by atoms with van der Waals surface area (Å²) in [4.78, 5) is 16.9. The highest BCUT2D eigenvalue weighted by molar-refractivity contribution is 7.22. The molecule has 22 heavy (non-hydrogen) atoms. The molecule has 4 rings (SSSR count). The van der Waals surface area contributed by atoms with Crippen molar-refractivity contribution in [3.63, 3.8) is 0 Å². The largest absolute Gasteiger partial charge is 0.378 e. The summed E-state index contributed by atoms with van der Waals surface area (Å²) < 4.78 is 6.60. The lowest BCUT2D eigenvalue weighted by Gasteiger charge is -2.28. The van der Waals surface area contributed by atoms with E-state index in [-0.39, 0.29) is 0 Å². The lowest BCUT2D eigenvalue weighted by atomic mass is 10.2. The number of rotatable bonds is 2. The van der Waals surface area contributed by atoms with Gasteiger partial charge in [-0.2, -0.15) is 0 Å². The van der Waals surface area contributed by atoms with Gasteiger partial charge >= 0.3 is 0 Å². The van der Waals surface area contributed by atoms with Crippen LogP contribution in [0.5, 0.6) is 0 Å². The summed E-state index contributed by atoms with van der Waals surface area (Å²) in [6.45, 7) is 5.23. The molecule has 0 aliphatic carbocycles. The predicted octanol–water partition coefficient (Wildman–Crippen LogP) is 2.90. The lowest BCUT2D eigenvalue weighted by molar-refractivity contribution is 0.122. The molecule has 6 heteroatoms. The smallest absolute Gasteiger partial charge is 0.150 e. The number of thiophene rings is 1. The number of aromatic nitrogens is 3. The molecule has 1 aliphatic heterocycles. The molecule has 0 amide bonds. The van der Waals surface area contributed by atoms with Crippen molar-refractivity contribution in [2.75, 3.05) is 31.2 Å². The van der Waals surface area contributed by atoms with Crippen LogP contribution in [0, 0.1) is 6.92 Å². The quantitative estimate of drug-likeness (QED) is 0.728. The molecule has 1 aliphatic rings. The Morgan fingerprint density at radius 3 is 2.68 bits per heavy atom. The van der Waals surface area contributed by atoms with Crippen molar-refractivity contribution in [1.82, 2.24) is 15.0 Å². The fourth-order valence-corrected chi connectivity index (χ4v) is 3.80. The minimum Gasteiger partial charge on any atom is -0.378 e. The molecule has 3 aromatic heterocycles. The third kappa shape index (κ3) is 2.44. The minimum atomic E-state index is 0.757. The molecule has 0 saturated carbocycles. The van der Waals surface area contributed by atoms with E-state index in [0.717, 1.165) is 48.2 Å². The molecule has 3 aromatic rings. The maximum absolute atomic E-state index is 5.45. The van der Waals surface area contributed by atoms with Crippen LogP contribution < -0.4 is 4.90 Å². The van der Waals surface area contributed by atoms with Crippen molar-refractivity contribution >= 4 is 27.4 Å². The van der Waals surface area contributed by atoms with Gasteiger partial charge in [-0.1, -0.05) is 0 Å². The van der Waals surface area contributed by atoms with Crippen LogP contribution >= 0.6 is 11.3 Å². The summed E-state index contributed by atoms with van der Waals surface area (Å²) in [6, 6.07) is 6.20. The van der Waals surface area contributed by atoms with E-state index < -0.39 is 0 Å². The first-order valence-corrected chi connectivity index (χ1v) is 8.14. The maximum atomic E-state index is 5.45. The van der Waals surface area contributed by atoms with Crippen LogP contribution in [-0.4, -0.2) is 41.3 Å². The number of hydrogen-bond donors (Lipinski definition) is 0. The molecule has 4 heterocycles. The van der Waals surface area contributed by atoms with Gasteiger partial charge in [-0.3, -0.25) is 4.98 Å². The van der Waals surface area contributed by atoms with Crippen LogP contribution in [0.3, 0.4) is 0 Å². The van der Waals surface area contributed by atoms with Gasteiger partial charge in [-0.05, 0) is 30.7 Å². The zero-order valence-corrected chi connectivity index (χ0v) is 13.1. The number of morpholine rings is 1. The van der Waals surface area contributed by atoms with Crippen LogP contribution in [0.15, 0.2) is 30.6 Å². The Hall–Kier alpha value is -2.05. The first-order valence-electron chi connectivity index (χ1n) is 7.32. The Morgan fingerprint density at radius 1 is 1.14 bits per heavy atom. The van der Waals surface area contributed by atoms with Gasteiger partial charge < -0.3 is 9.64 Å². The van der Waals surface area contributed by atoms with Crippen molar-refractivity contribution in [3.05, 3.63) is 36.4 Å². The molecule has 1 fully saturated rings. The van der Waals surface area contributed by atoms with Crippen LogP contribution in [0.25, 0.3) is 20.7 Å². The van der Waals surface area contributed by atoms with Gasteiger partial charge in [0.05, 0.1) is 23.4 Å². The Kier molecular flexibility index (Phi) is 3.48. The molecule has 0 spiro atoms. The number of hydrogen-bond acceptors (Lipinski definition) is 6. The molecule has 0 bridgehead atoms. The van der Waals surface area contributed by atoms with Gasteiger partial charge in [0.15, 0.2) is 5.82 Å². The van der Waals surface area contributed by atoms with Crippen LogP contribution in [0.4, 0.5) is 5.82 Å². The van der Waals surface area contributed by atoms with Gasteiger partial charge in [0.1, 0.15) is 5.82 Å². The topological polar surface area (TPSA) is 51.1 Å². The number of fused-ring (bicyclic) bond motifs is 1. The molecule has 1 saturated heterocycles. The average Bonchev–Trinajstić information content (AvgIpc) is 2.99. The van der Waals surface area contributed by atoms with E-state index in [1.54, 1.807) is 11.3 Å². The first-order chi connectivity index (χ1) is 10.8. The van der Waals surface area contributed by atoms with E-state index >= 15 is 0 Å². The molecular weight excluding hydrogens is 296 g/mol. The Balaban J connectivity index is 1.84. The SMILES string of the molecule is Cc1nc(N2CCOCC2)c2sc(-c3ccncc3)cc2n1. The van der Waals surface area contributed by atoms with Gasteiger partial charge in [0.25, 0.3) is 0 Å². The van der Waals surface area contributed by atoms with Crippen molar-refractivity contribution in [1.29, 1.82) is 0 Å². The molecular formula is C16H16N4OS. The van der Waals surface area contributed by atoms with Crippen molar-refractivity contribution in [2.24, 2.45) is 0 Å². The van der Waals surface area contributed by atoms with Crippen LogP contribution in [0.2, 0.25) is 0 Å². The van der Waals surface area contributed by atoms with E-state index in [9.17, 15) is 0 Å². The predicted molar refractivity (Wildman–Crippen MR) is 88.4 cm³/mol. The van der Waals surface area contributed by atoms with Crippen molar-refractivity contribution in [3.8, 4) is 10.4 Å². The second-order valence-electron chi connectivity index (χ2n) is 5.25. The third-order valence-electron chi connectivity index (χ3n) is 3.74. The standard InChI is InChI=1S/C16H16N4OS/c1-11-18-13-10-14(12-2-4-17-5-3-12)22-15(13)16(19-11)20-6-8-21-9-7-20/h2-5,10H,6-9H2,1H3. The Morgan fingerprint density at radius 2 is 1.91 bits per heavy atom. The number of nitrogens with zero attached hydrogens (tertiary/aromatic N) is 4. The summed E-state index contributed by atoms with van der Waals surface area (Å²) in [5.41, 5.74) is 2.19. The molecule has 0 atom stereocenters. The Bertz CT molecular complexity index is 797. The van der Waals surface area contributed by atoms with Gasteiger partial charge in [-0.25, -0.2) is 9.97 Å². The normalized spacial score (nSPS) is 15.4. The molecule has 0 radical (unpaired) electrons. The van der Waals surface area contributed by atoms with E-state index in [2.05, 4.69) is 25.9 Å². The highest BCUT2D eigenvalue weighted by Gasteiger charge is 2.19. The van der Waals surface area contributed by atoms with Gasteiger partial charge in [0, 0.05) is 30.4 Å². The monoisotopic (exact) mass is 312 g/mol. The van der Waals surface area contributed by atoms with E-state index in [1.807, 2.05) is 31.5 Å². The number of pyridine rings is 1. The Labute approximate surface area is 132 Å². The highest BCUT2D eigenvalue weighted by atomic mass is 32.1. The summed E-state index contributed by atoms with van der Waals surface area (Å²) in [5, 5.41) is 0. The average molecular weight is 312 g/mol. The second-order valence-corrected chi connectivity index (χ2v) is 6.31.